The van der Waals surface area contributed by atoms with E-state index < -0.39 is 76.4 Å². The quantitative estimate of drug-likeness (QED) is 0.0471. The number of nitrogens with one attached hydrogen (secondary N) is 3. The minimum atomic E-state index is -1.12. The van der Waals surface area contributed by atoms with E-state index in [0.717, 1.165) is 22.0 Å². The van der Waals surface area contributed by atoms with Crippen LogP contribution in [-0.4, -0.2) is 159 Å². The van der Waals surface area contributed by atoms with Gasteiger partial charge >= 0.3 is 5.97 Å². The fraction of sp³-hybridized carbons (Fsp3) is 0.527. The number of ether oxygens (including phenoxy) is 6. The molecule has 0 bridgehead atoms. The van der Waals surface area contributed by atoms with Crippen LogP contribution in [0.15, 0.2) is 73.1 Å². The van der Waals surface area contributed by atoms with Crippen LogP contribution in [0.3, 0.4) is 0 Å². The third-order valence-corrected chi connectivity index (χ3v) is 13.9. The first-order valence-corrected chi connectivity index (χ1v) is 25.8. The SMILES string of the molecule is C.C.COC[C@H](CC(=O)[C@H](COC)NC(=O)c1cnc(C)s1)C(=O)N[C@@H](Cc1ccccc1)C(=O)[C@@]1(C)CO1.COC[C@H](CC(=O)[C@H](COC)NC(=O)c1cnc(C)s1)C(=O)O.C[C@@H](Cc1ccccc1)C(=O)[C@@]1(C)CO1.[HH]. The number of Topliss-reactive ketones (excluding diaryl/α,β-unsaturated/α-hetero) is 4. The summed E-state index contributed by atoms with van der Waals surface area (Å²) < 4.78 is 30.6. The average molecular weight is 1110 g/mol. The number of hydrogen-bond donors (Lipinski definition) is 4. The highest BCUT2D eigenvalue weighted by Crippen LogP contribution is 2.31. The molecule has 20 nitrogen and oxygen atoms in total. The monoisotopic (exact) mass is 1110 g/mol. The molecule has 0 radical (unpaired) electrons. The molecule has 0 aliphatic carbocycles. The fourth-order valence-electron chi connectivity index (χ4n) is 7.57. The summed E-state index contributed by atoms with van der Waals surface area (Å²) in [6, 6.07) is 16.7. The fourth-order valence-corrected chi connectivity index (χ4v) is 8.93. The second-order valence-electron chi connectivity index (χ2n) is 18.5. The van der Waals surface area contributed by atoms with Crippen LogP contribution < -0.4 is 16.0 Å². The molecule has 22 heteroatoms. The molecule has 0 saturated carbocycles. The van der Waals surface area contributed by atoms with Crippen LogP contribution in [0.25, 0.3) is 0 Å². The lowest BCUT2D eigenvalue weighted by molar-refractivity contribution is -0.146. The molecule has 0 spiro atoms. The van der Waals surface area contributed by atoms with Crippen molar-refractivity contribution in [1.29, 1.82) is 0 Å². The first-order valence-electron chi connectivity index (χ1n) is 24.1. The molecule has 2 fully saturated rings. The number of ketones is 4. The molecule has 0 unspecified atom stereocenters. The highest BCUT2D eigenvalue weighted by Gasteiger charge is 2.50. The standard InChI is InChI=1S/C26H33N3O7S.C14H20N2O6S.C13H16O2.2CH4.H2/c1-16-27-12-22(37-16)25(33)29-20(14-35-4)21(30)11-18(13-34-3)24(32)28-19(23(31)26(2)15-36-26)10-17-8-6-5-7-9-17;1-8-15-5-12(23-8)13(18)16-10(7-22-3)11(17)4-9(6-21-2)14(19)20;1-10(12(14)13(2)9-15-13)8-11-6-4-3-5-7-11;;;/h5-9,12,18-20H,10-11,13-15H2,1-4H3,(H,28,32)(H,29,33);5,9-10H,4,6-7H2,1-3H3,(H,16,18)(H,19,20);3-7,10H,8-9H2,1-2H3;2*1H4;1H/t18-,19-,20-,26+;9-,10-;10-,13+;;;/m000.../s1. The number of carbonyl (C=O) groups is 8. The summed E-state index contributed by atoms with van der Waals surface area (Å²) in [6.07, 6.45) is 3.50. The van der Waals surface area contributed by atoms with Gasteiger partial charge in [0.25, 0.3) is 11.8 Å². The third-order valence-electron chi connectivity index (χ3n) is 12.0. The predicted molar refractivity (Wildman–Crippen MR) is 293 cm³/mol. The molecule has 3 amide bonds. The summed E-state index contributed by atoms with van der Waals surface area (Å²) in [5, 5.41) is 18.6. The van der Waals surface area contributed by atoms with Gasteiger partial charge in [-0.2, -0.15) is 0 Å². The predicted octanol–water partition coefficient (Wildman–Crippen LogP) is 5.75. The number of benzene rings is 2. The number of methoxy groups -OCH3 is 4. The molecular weight excluding hydrogens is 1030 g/mol. The minimum Gasteiger partial charge on any atom is -0.481 e. The van der Waals surface area contributed by atoms with E-state index in [0.29, 0.717) is 23.0 Å². The Labute approximate surface area is 461 Å². The number of nitrogens with zero attached hydrogens (tertiary/aromatic N) is 2. The topological polar surface area (TPSA) is 281 Å². The van der Waals surface area contributed by atoms with Crippen molar-refractivity contribution in [3.8, 4) is 0 Å². The van der Waals surface area contributed by atoms with E-state index in [-0.39, 0.29) is 79.5 Å². The molecular formula is C55H79N5O15S2. The van der Waals surface area contributed by atoms with E-state index in [1.165, 1.54) is 69.1 Å². The lowest BCUT2D eigenvalue weighted by Gasteiger charge is -2.24. The second kappa shape index (κ2) is 32.7. The van der Waals surface area contributed by atoms with Gasteiger partial charge in [-0.15, -0.1) is 22.7 Å². The zero-order valence-corrected chi connectivity index (χ0v) is 45.5. The molecule has 2 saturated heterocycles. The molecule has 4 N–H and O–H groups in total. The van der Waals surface area contributed by atoms with Gasteiger partial charge in [-0.25, -0.2) is 9.97 Å². The molecule has 6 rings (SSSR count). The van der Waals surface area contributed by atoms with Crippen LogP contribution in [-0.2, 0) is 70.0 Å². The van der Waals surface area contributed by atoms with E-state index in [9.17, 15) is 38.4 Å². The Balaban J connectivity index is 0.000000633. The number of epoxide rings is 2. The molecule has 8 atom stereocenters. The van der Waals surface area contributed by atoms with Crippen LogP contribution in [0.1, 0.15) is 90.4 Å². The highest BCUT2D eigenvalue weighted by atomic mass is 32.1. The van der Waals surface area contributed by atoms with Crippen LogP contribution in [0.2, 0.25) is 0 Å². The second-order valence-corrected chi connectivity index (χ2v) is 21.0. The first-order chi connectivity index (χ1) is 35.7. The Hall–Kier alpha value is -5.98. The summed E-state index contributed by atoms with van der Waals surface area (Å²) in [4.78, 5) is 108. The number of aryl methyl sites for hydroxylation is 2. The van der Waals surface area contributed by atoms with E-state index in [1.54, 1.807) is 20.8 Å². The summed E-state index contributed by atoms with van der Waals surface area (Å²) in [7, 11) is 5.61. The summed E-state index contributed by atoms with van der Waals surface area (Å²) >= 11 is 2.42. The molecule has 2 aromatic heterocycles. The third kappa shape index (κ3) is 21.8. The van der Waals surface area contributed by atoms with Gasteiger partial charge in [0.05, 0.1) is 79.9 Å². The van der Waals surface area contributed by atoms with Gasteiger partial charge in [0.2, 0.25) is 5.91 Å². The Morgan fingerprint density at radius 2 is 1.00 bits per heavy atom. The summed E-state index contributed by atoms with van der Waals surface area (Å²) in [6.45, 7) is 9.74. The number of rotatable bonds is 29. The van der Waals surface area contributed by atoms with Gasteiger partial charge in [-0.3, -0.25) is 38.4 Å². The number of amides is 3. The van der Waals surface area contributed by atoms with Gasteiger partial charge < -0.3 is 49.5 Å². The number of carboxylic acid groups (broad SMARTS) is 1. The van der Waals surface area contributed by atoms with Crippen molar-refractivity contribution in [2.24, 2.45) is 17.8 Å². The number of carbonyl (C=O) groups excluding carboxylic acids is 7. The Bertz CT molecular complexity index is 2540. The Morgan fingerprint density at radius 1 is 0.610 bits per heavy atom. The summed E-state index contributed by atoms with van der Waals surface area (Å²) in [5.41, 5.74) is 0.685. The zero-order chi connectivity index (χ0) is 55.3. The normalized spacial score (nSPS) is 18.1. The highest BCUT2D eigenvalue weighted by molar-refractivity contribution is 7.13. The average Bonchev–Trinajstić information content (AvgIpc) is 4.22. The lowest BCUT2D eigenvalue weighted by Crippen LogP contribution is -2.51. The number of thiazole rings is 2. The molecule has 2 aromatic carbocycles. The van der Waals surface area contributed by atoms with Crippen molar-refractivity contribution in [2.75, 3.05) is 68.1 Å². The summed E-state index contributed by atoms with van der Waals surface area (Å²) in [5.74, 6) is -5.11. The molecule has 426 valence electrons. The maximum absolute atomic E-state index is 13.3. The number of aliphatic carboxylic acids is 1. The number of carboxylic acids is 1. The van der Waals surface area contributed by atoms with Crippen molar-refractivity contribution >= 4 is 69.5 Å². The van der Waals surface area contributed by atoms with Crippen molar-refractivity contribution in [1.82, 2.24) is 25.9 Å². The van der Waals surface area contributed by atoms with Crippen molar-refractivity contribution < 1.29 is 73.3 Å². The molecule has 2 aliphatic rings. The molecule has 4 aromatic rings. The Kier molecular flexibility index (Phi) is 28.5. The minimum absolute atomic E-state index is 0. The van der Waals surface area contributed by atoms with E-state index in [2.05, 4.69) is 38.1 Å². The van der Waals surface area contributed by atoms with Crippen LogP contribution in [0, 0.1) is 31.6 Å². The maximum atomic E-state index is 13.3. The van der Waals surface area contributed by atoms with Crippen molar-refractivity contribution in [3.05, 3.63) is 104 Å². The van der Waals surface area contributed by atoms with Gasteiger partial charge in [0.1, 0.15) is 33.0 Å². The van der Waals surface area contributed by atoms with Gasteiger partial charge in [0.15, 0.2) is 23.1 Å². The van der Waals surface area contributed by atoms with Crippen molar-refractivity contribution in [3.63, 3.8) is 0 Å². The zero-order valence-electron chi connectivity index (χ0n) is 43.8. The van der Waals surface area contributed by atoms with Gasteiger partial charge in [0, 0.05) is 48.6 Å². The van der Waals surface area contributed by atoms with Crippen LogP contribution >= 0.6 is 22.7 Å². The van der Waals surface area contributed by atoms with E-state index in [1.807, 2.05) is 62.4 Å². The van der Waals surface area contributed by atoms with Crippen LogP contribution in [0.4, 0.5) is 0 Å². The molecule has 4 heterocycles. The first kappa shape index (κ1) is 67.1. The molecule has 2 aliphatic heterocycles. The van der Waals surface area contributed by atoms with Gasteiger partial charge in [-0.05, 0) is 51.7 Å². The van der Waals surface area contributed by atoms with E-state index >= 15 is 0 Å². The van der Waals surface area contributed by atoms with Crippen LogP contribution in [0.5, 0.6) is 0 Å². The largest absolute Gasteiger partial charge is 0.481 e. The van der Waals surface area contributed by atoms with Gasteiger partial charge in [-0.1, -0.05) is 82.4 Å². The van der Waals surface area contributed by atoms with E-state index in [4.69, 9.17) is 33.5 Å². The maximum Gasteiger partial charge on any atom is 0.309 e. The van der Waals surface area contributed by atoms with Crippen molar-refractivity contribution in [2.45, 2.75) is 104 Å². The smallest absolute Gasteiger partial charge is 0.309 e. The lowest BCUT2D eigenvalue weighted by atomic mass is 9.90. The Morgan fingerprint density at radius 3 is 1.38 bits per heavy atom. The number of aromatic nitrogens is 2. The molecule has 77 heavy (non-hydrogen) atoms. The number of hydrogen-bond acceptors (Lipinski definition) is 18.